The van der Waals surface area contributed by atoms with Crippen LogP contribution in [0.15, 0.2) is 304 Å². The van der Waals surface area contributed by atoms with E-state index in [4.69, 9.17) is 0 Å². The van der Waals surface area contributed by atoms with Gasteiger partial charge in [0.05, 0.1) is 11.0 Å². The number of hydrogen-bond donors (Lipinski definition) is 0. The Balaban J connectivity index is 0.822. The molecule has 0 spiro atoms. The summed E-state index contributed by atoms with van der Waals surface area (Å²) in [7, 11) is 0. The zero-order valence-electron chi connectivity index (χ0n) is 45.8. The highest BCUT2D eigenvalue weighted by atomic mass is 15.1. The van der Waals surface area contributed by atoms with Gasteiger partial charge in [-0.1, -0.05) is 244 Å². The summed E-state index contributed by atoms with van der Waals surface area (Å²) in [6, 6.07) is 108. The van der Waals surface area contributed by atoms with E-state index in [0.717, 1.165) is 58.7 Å². The molecule has 0 amide bonds. The summed E-state index contributed by atoms with van der Waals surface area (Å²) in [6.45, 7) is 7.95. The Morgan fingerprint density at radius 2 is 0.780 bits per heavy atom. The zero-order chi connectivity index (χ0) is 55.0. The summed E-state index contributed by atoms with van der Waals surface area (Å²) in [5.41, 5.74) is 26.2. The maximum Gasteiger partial charge on any atom is 0.0541 e. The van der Waals surface area contributed by atoms with Crippen LogP contribution in [-0.2, 0) is 11.8 Å². The molecule has 1 atom stereocenters. The lowest BCUT2D eigenvalue weighted by Crippen LogP contribution is -2.27. The van der Waals surface area contributed by atoms with Crippen LogP contribution in [0.3, 0.4) is 0 Å². The van der Waals surface area contributed by atoms with Crippen LogP contribution < -0.4 is 4.90 Å². The number of aryl methyl sites for hydroxylation is 1. The highest BCUT2D eigenvalue weighted by Gasteiger charge is 2.44. The number of nitrogens with zero attached hydrogens (tertiary/aromatic N) is 2. The first-order valence-electron chi connectivity index (χ1n) is 28.6. The second-order valence-electron chi connectivity index (χ2n) is 21.7. The van der Waals surface area contributed by atoms with E-state index >= 15 is 0 Å². The molecule has 0 saturated carbocycles. The molecule has 0 fully saturated rings. The standard InChI is InChI=1S/C80H60N2/c1-3-56-26-28-58(29-27-56)17-16-52-80(67-20-10-6-11-21-67)76-25-15-14-24-72(76)73-49-48-71(55-77(73)80)81(69-44-38-61(39-45-69)59-18-8-5-9-19-59)70-46-40-62(41-47-70)60-34-36-64(37-35-60)66-43-51-79-75(54-66)74-53-65(63-32-30-57(4-2)31-33-63)42-50-78(74)82(79)68-22-12-7-13-23-68/h3-15,18-51,53-55H,1-2,16-17,52H2. The van der Waals surface area contributed by atoms with Gasteiger partial charge in [-0.2, -0.15) is 0 Å². The fourth-order valence-electron chi connectivity index (χ4n) is 12.9. The summed E-state index contributed by atoms with van der Waals surface area (Å²) < 4.78 is 2.39. The Bertz CT molecular complexity index is 4440. The van der Waals surface area contributed by atoms with Crippen LogP contribution in [0.25, 0.3) is 95.3 Å². The predicted octanol–water partition coefficient (Wildman–Crippen LogP) is 21.5. The SMILES string of the molecule is C=Cc1ccc(CCCC2(c3ccccc3)c3ccccc3-c3ccc(N(c4ccc(-c5ccccc5)cc4)c4ccc(-c5ccc(-c6ccc7c(c6)c6cc(-c8ccc(C=C)cc8)ccc6n7-c6ccccc6)cc5)cc4)cc32)cc1. The Kier molecular flexibility index (Phi) is 13.0. The van der Waals surface area contributed by atoms with Crippen molar-refractivity contribution < 1.29 is 0 Å². The van der Waals surface area contributed by atoms with E-state index in [-0.39, 0.29) is 5.41 Å². The van der Waals surface area contributed by atoms with Crippen molar-refractivity contribution >= 4 is 51.0 Å². The van der Waals surface area contributed by atoms with Gasteiger partial charge in [0.1, 0.15) is 0 Å². The van der Waals surface area contributed by atoms with Crippen LogP contribution >= 0.6 is 0 Å². The van der Waals surface area contributed by atoms with Crippen molar-refractivity contribution in [3.63, 3.8) is 0 Å². The van der Waals surface area contributed by atoms with Crippen LogP contribution in [0, 0.1) is 0 Å². The van der Waals surface area contributed by atoms with E-state index in [2.05, 4.69) is 314 Å². The fraction of sp³-hybridized carbons (Fsp3) is 0.0500. The van der Waals surface area contributed by atoms with Crippen LogP contribution in [0.1, 0.15) is 46.2 Å². The first kappa shape index (κ1) is 50.0. The summed E-state index contributed by atoms with van der Waals surface area (Å²) in [5, 5.41) is 2.45. The molecule has 1 aromatic heterocycles. The molecule has 0 saturated heterocycles. The van der Waals surface area contributed by atoms with Crippen molar-refractivity contribution in [1.82, 2.24) is 4.57 Å². The summed E-state index contributed by atoms with van der Waals surface area (Å²) in [6.07, 6.45) is 6.79. The van der Waals surface area contributed by atoms with Crippen molar-refractivity contribution in [2.75, 3.05) is 4.90 Å². The molecule has 0 N–H and O–H groups in total. The van der Waals surface area contributed by atoms with Crippen molar-refractivity contribution in [2.24, 2.45) is 0 Å². The van der Waals surface area contributed by atoms with Gasteiger partial charge in [0, 0.05) is 38.9 Å². The Morgan fingerprint density at radius 1 is 0.354 bits per heavy atom. The quantitative estimate of drug-likeness (QED) is 0.0993. The summed E-state index contributed by atoms with van der Waals surface area (Å²) >= 11 is 0. The number of anilines is 3. The minimum absolute atomic E-state index is 0.349. The molecule has 1 aliphatic carbocycles. The van der Waals surface area contributed by atoms with Crippen LogP contribution in [0.4, 0.5) is 17.1 Å². The van der Waals surface area contributed by atoms with E-state index in [9.17, 15) is 0 Å². The van der Waals surface area contributed by atoms with Gasteiger partial charge in [0.25, 0.3) is 0 Å². The molecule has 1 heterocycles. The molecule has 0 radical (unpaired) electrons. The summed E-state index contributed by atoms with van der Waals surface area (Å²) in [4.78, 5) is 2.44. The van der Waals surface area contributed by atoms with E-state index in [1.807, 2.05) is 12.2 Å². The molecular weight excluding hydrogens is 989 g/mol. The Labute approximate surface area is 481 Å². The number of aromatic nitrogens is 1. The second-order valence-corrected chi connectivity index (χ2v) is 21.7. The van der Waals surface area contributed by atoms with Crippen molar-refractivity contribution in [1.29, 1.82) is 0 Å². The largest absolute Gasteiger partial charge is 0.310 e. The lowest BCUT2D eigenvalue weighted by Gasteiger charge is -2.34. The zero-order valence-corrected chi connectivity index (χ0v) is 45.8. The topological polar surface area (TPSA) is 8.17 Å². The number of rotatable bonds is 15. The molecule has 14 rings (SSSR count). The predicted molar refractivity (Wildman–Crippen MR) is 349 cm³/mol. The van der Waals surface area contributed by atoms with Gasteiger partial charge in [0.15, 0.2) is 0 Å². The Morgan fingerprint density at radius 3 is 1.34 bits per heavy atom. The number of benzene rings is 12. The smallest absolute Gasteiger partial charge is 0.0541 e. The van der Waals surface area contributed by atoms with Crippen molar-refractivity contribution in [2.45, 2.75) is 24.7 Å². The van der Waals surface area contributed by atoms with Gasteiger partial charge in [-0.3, -0.25) is 0 Å². The third kappa shape index (κ3) is 9.05. The van der Waals surface area contributed by atoms with Gasteiger partial charge in [0.2, 0.25) is 0 Å². The van der Waals surface area contributed by atoms with Gasteiger partial charge >= 0.3 is 0 Å². The van der Waals surface area contributed by atoms with Gasteiger partial charge in [-0.25, -0.2) is 0 Å². The Hall–Kier alpha value is -10.3. The first-order chi connectivity index (χ1) is 40.5. The maximum atomic E-state index is 3.99. The highest BCUT2D eigenvalue weighted by Crippen LogP contribution is 2.56. The van der Waals surface area contributed by atoms with Gasteiger partial charge in [-0.15, -0.1) is 0 Å². The molecule has 2 heteroatoms. The molecule has 0 aliphatic heterocycles. The van der Waals surface area contributed by atoms with E-state index in [1.54, 1.807) is 0 Å². The molecular formula is C80H60N2. The highest BCUT2D eigenvalue weighted by molar-refractivity contribution is 6.11. The lowest BCUT2D eigenvalue weighted by atomic mass is 9.69. The molecule has 0 bridgehead atoms. The van der Waals surface area contributed by atoms with Crippen LogP contribution in [0.5, 0.6) is 0 Å². The lowest BCUT2D eigenvalue weighted by molar-refractivity contribution is 0.544. The molecule has 13 aromatic rings. The van der Waals surface area contributed by atoms with Gasteiger partial charge in [-0.05, 0) is 181 Å². The summed E-state index contributed by atoms with van der Waals surface area (Å²) in [5.74, 6) is 0. The number of fused-ring (bicyclic) bond motifs is 6. The minimum atomic E-state index is -0.349. The van der Waals surface area contributed by atoms with Crippen molar-refractivity contribution in [3.05, 3.63) is 338 Å². The molecule has 1 aliphatic rings. The van der Waals surface area contributed by atoms with Crippen LogP contribution in [0.2, 0.25) is 0 Å². The normalized spacial score (nSPS) is 13.4. The third-order valence-corrected chi connectivity index (χ3v) is 17.1. The maximum absolute atomic E-state index is 3.99. The average molecular weight is 1050 g/mol. The first-order valence-corrected chi connectivity index (χ1v) is 28.6. The third-order valence-electron chi connectivity index (χ3n) is 17.1. The average Bonchev–Trinajstić information content (AvgIpc) is 4.11. The minimum Gasteiger partial charge on any atom is -0.310 e. The molecule has 2 nitrogen and oxygen atoms in total. The fourth-order valence-corrected chi connectivity index (χ4v) is 12.9. The van der Waals surface area contributed by atoms with E-state index in [1.165, 1.54) is 94.1 Å². The van der Waals surface area contributed by atoms with E-state index < -0.39 is 0 Å². The number of hydrogen-bond acceptors (Lipinski definition) is 1. The molecule has 1 unspecified atom stereocenters. The monoisotopic (exact) mass is 1050 g/mol. The molecule has 12 aromatic carbocycles. The number of para-hydroxylation sites is 1. The second kappa shape index (κ2) is 21.4. The molecule has 82 heavy (non-hydrogen) atoms. The van der Waals surface area contributed by atoms with Crippen molar-refractivity contribution in [3.8, 4) is 61.3 Å². The van der Waals surface area contributed by atoms with Gasteiger partial charge < -0.3 is 9.47 Å². The van der Waals surface area contributed by atoms with Crippen LogP contribution in [-0.4, -0.2) is 4.57 Å². The molecule has 390 valence electrons. The van der Waals surface area contributed by atoms with E-state index in [0.29, 0.717) is 0 Å².